The van der Waals surface area contributed by atoms with Crippen LogP contribution in [0.25, 0.3) is 21.6 Å². The van der Waals surface area contributed by atoms with E-state index in [1.165, 1.54) is 15.2 Å². The van der Waals surface area contributed by atoms with E-state index in [9.17, 15) is 0 Å². The van der Waals surface area contributed by atoms with Gasteiger partial charge in [-0.1, -0.05) is 36.4 Å². The Labute approximate surface area is 173 Å². The van der Waals surface area contributed by atoms with E-state index >= 15 is 0 Å². The second-order valence-corrected chi connectivity index (χ2v) is 8.65. The van der Waals surface area contributed by atoms with Crippen molar-refractivity contribution in [2.45, 2.75) is 26.6 Å². The molecule has 0 saturated heterocycles. The van der Waals surface area contributed by atoms with E-state index in [4.69, 9.17) is 22.3 Å². The SMILES string of the molecule is Cc1ccccc1-c1nn(C[NH+](C)[C@@H](C)c2nc3ccccc3s2)c(=S)n1C. The van der Waals surface area contributed by atoms with E-state index in [-0.39, 0.29) is 6.04 Å². The summed E-state index contributed by atoms with van der Waals surface area (Å²) in [4.78, 5) is 6.11. The first kappa shape index (κ1) is 19.0. The maximum atomic E-state index is 5.67. The van der Waals surface area contributed by atoms with Gasteiger partial charge in [0.1, 0.15) is 6.04 Å². The highest BCUT2D eigenvalue weighted by molar-refractivity contribution is 7.71. The summed E-state index contributed by atoms with van der Waals surface area (Å²) < 4.78 is 5.88. The Morgan fingerprint density at radius 2 is 1.86 bits per heavy atom. The number of quaternary nitrogens is 1. The smallest absolute Gasteiger partial charge is 0.202 e. The third-order valence-corrected chi connectivity index (χ3v) is 6.95. The molecule has 2 atom stereocenters. The lowest BCUT2D eigenvalue weighted by Crippen LogP contribution is -3.08. The summed E-state index contributed by atoms with van der Waals surface area (Å²) in [5.74, 6) is 0.906. The van der Waals surface area contributed by atoms with Crippen molar-refractivity contribution in [3.05, 3.63) is 63.9 Å². The van der Waals surface area contributed by atoms with Crippen LogP contribution in [0.5, 0.6) is 0 Å². The number of nitrogens with one attached hydrogen (secondary N) is 1. The first-order chi connectivity index (χ1) is 13.5. The van der Waals surface area contributed by atoms with Crippen molar-refractivity contribution in [3.8, 4) is 11.4 Å². The van der Waals surface area contributed by atoms with Gasteiger partial charge in [0.25, 0.3) is 0 Å². The van der Waals surface area contributed by atoms with E-state index in [1.807, 2.05) is 34.5 Å². The molecule has 0 saturated carbocycles. The minimum atomic E-state index is 0.253. The zero-order valence-corrected chi connectivity index (χ0v) is 18.1. The average molecular weight is 411 g/mol. The summed E-state index contributed by atoms with van der Waals surface area (Å²) in [5.41, 5.74) is 3.38. The molecule has 0 spiro atoms. The van der Waals surface area contributed by atoms with Gasteiger partial charge in [0.2, 0.25) is 4.77 Å². The quantitative estimate of drug-likeness (QED) is 0.509. The highest BCUT2D eigenvalue weighted by Crippen LogP contribution is 2.25. The Balaban J connectivity index is 1.61. The van der Waals surface area contributed by atoms with E-state index in [2.05, 4.69) is 51.2 Å². The van der Waals surface area contributed by atoms with Crippen molar-refractivity contribution >= 4 is 33.8 Å². The molecular weight excluding hydrogens is 386 g/mol. The predicted molar refractivity (Wildman–Crippen MR) is 117 cm³/mol. The number of nitrogens with zero attached hydrogens (tertiary/aromatic N) is 4. The van der Waals surface area contributed by atoms with Crippen LogP contribution in [-0.4, -0.2) is 26.4 Å². The molecule has 28 heavy (non-hydrogen) atoms. The summed E-state index contributed by atoms with van der Waals surface area (Å²) in [7, 11) is 4.15. The average Bonchev–Trinajstić information content (AvgIpc) is 3.24. The van der Waals surface area contributed by atoms with Gasteiger partial charge in [-0.25, -0.2) is 4.98 Å². The van der Waals surface area contributed by atoms with Crippen molar-refractivity contribution in [2.24, 2.45) is 7.05 Å². The van der Waals surface area contributed by atoms with E-state index in [0.717, 1.165) is 26.7 Å². The molecule has 5 nitrogen and oxygen atoms in total. The lowest BCUT2D eigenvalue weighted by molar-refractivity contribution is -0.933. The van der Waals surface area contributed by atoms with Gasteiger partial charge in [0.15, 0.2) is 17.5 Å². The van der Waals surface area contributed by atoms with Crippen molar-refractivity contribution in [2.75, 3.05) is 7.05 Å². The van der Waals surface area contributed by atoms with Crippen LogP contribution in [-0.2, 0) is 13.7 Å². The van der Waals surface area contributed by atoms with Crippen molar-refractivity contribution in [1.29, 1.82) is 0 Å². The normalized spacial score (nSPS) is 13.7. The second kappa shape index (κ2) is 7.58. The molecule has 0 fully saturated rings. The monoisotopic (exact) mass is 410 g/mol. The lowest BCUT2D eigenvalue weighted by atomic mass is 10.1. The molecule has 0 aliphatic carbocycles. The molecule has 4 rings (SSSR count). The number of thiazole rings is 1. The summed E-state index contributed by atoms with van der Waals surface area (Å²) in [6, 6.07) is 16.8. The maximum absolute atomic E-state index is 5.67. The van der Waals surface area contributed by atoms with Gasteiger partial charge in [0.05, 0.1) is 17.3 Å². The maximum Gasteiger partial charge on any atom is 0.202 e. The first-order valence-corrected chi connectivity index (χ1v) is 10.6. The van der Waals surface area contributed by atoms with Crippen LogP contribution in [0.4, 0.5) is 0 Å². The lowest BCUT2D eigenvalue weighted by Gasteiger charge is -2.19. The van der Waals surface area contributed by atoms with Gasteiger partial charge >= 0.3 is 0 Å². The Bertz CT molecular complexity index is 1150. The number of aromatic nitrogens is 4. The molecule has 7 heteroatoms. The molecule has 0 aliphatic rings. The topological polar surface area (TPSA) is 40.1 Å². The van der Waals surface area contributed by atoms with Gasteiger partial charge < -0.3 is 9.47 Å². The highest BCUT2D eigenvalue weighted by atomic mass is 32.1. The second-order valence-electron chi connectivity index (χ2n) is 7.23. The molecule has 2 aromatic heterocycles. The van der Waals surface area contributed by atoms with E-state index < -0.39 is 0 Å². The van der Waals surface area contributed by atoms with Crippen LogP contribution in [0.1, 0.15) is 23.5 Å². The molecule has 0 radical (unpaired) electrons. The van der Waals surface area contributed by atoms with Gasteiger partial charge in [0, 0.05) is 12.6 Å². The summed E-state index contributed by atoms with van der Waals surface area (Å²) in [6.45, 7) is 5.00. The van der Waals surface area contributed by atoms with Crippen LogP contribution in [0.15, 0.2) is 48.5 Å². The molecule has 2 aromatic carbocycles. The Hall–Kier alpha value is -2.35. The Morgan fingerprint density at radius 3 is 2.61 bits per heavy atom. The standard InChI is InChI=1S/C21H23N5S2/c1-14-9-5-6-10-16(14)19-23-26(21(27)25(19)4)13-24(3)15(2)20-22-17-11-7-8-12-18(17)28-20/h5-12,15H,13H2,1-4H3/p+1/t15-/m0/s1. The molecule has 144 valence electrons. The third kappa shape index (κ3) is 3.41. The predicted octanol–water partition coefficient (Wildman–Crippen LogP) is 3.77. The minimum Gasteiger partial charge on any atom is -0.311 e. The molecule has 4 aromatic rings. The van der Waals surface area contributed by atoms with Gasteiger partial charge in [-0.3, -0.25) is 0 Å². The number of para-hydroxylation sites is 1. The fraction of sp³-hybridized carbons (Fsp3) is 0.286. The largest absolute Gasteiger partial charge is 0.311 e. The summed E-state index contributed by atoms with van der Waals surface area (Å²) in [5, 5.41) is 5.98. The van der Waals surface area contributed by atoms with Crippen LogP contribution in [0.2, 0.25) is 0 Å². The molecule has 0 aliphatic heterocycles. The highest BCUT2D eigenvalue weighted by Gasteiger charge is 2.22. The van der Waals surface area contributed by atoms with Crippen LogP contribution < -0.4 is 4.90 Å². The Kier molecular flexibility index (Phi) is 5.14. The molecule has 2 heterocycles. The first-order valence-electron chi connectivity index (χ1n) is 9.33. The number of aryl methyl sites for hydroxylation is 1. The molecule has 0 amide bonds. The summed E-state index contributed by atoms with van der Waals surface area (Å²) >= 11 is 7.43. The number of fused-ring (bicyclic) bond motifs is 1. The van der Waals surface area contributed by atoms with Crippen molar-refractivity contribution < 1.29 is 4.90 Å². The summed E-state index contributed by atoms with van der Waals surface area (Å²) in [6.07, 6.45) is 0. The Morgan fingerprint density at radius 1 is 1.14 bits per heavy atom. The fourth-order valence-electron chi connectivity index (χ4n) is 3.31. The van der Waals surface area contributed by atoms with Crippen LogP contribution >= 0.6 is 23.6 Å². The van der Waals surface area contributed by atoms with E-state index in [0.29, 0.717) is 6.67 Å². The van der Waals surface area contributed by atoms with Gasteiger partial charge in [-0.15, -0.1) is 16.4 Å². The van der Waals surface area contributed by atoms with Gasteiger partial charge in [-0.2, -0.15) is 4.68 Å². The van der Waals surface area contributed by atoms with E-state index in [1.54, 1.807) is 11.3 Å². The van der Waals surface area contributed by atoms with Crippen molar-refractivity contribution in [1.82, 2.24) is 19.3 Å². The van der Waals surface area contributed by atoms with Crippen molar-refractivity contribution in [3.63, 3.8) is 0 Å². The number of hydrogen-bond acceptors (Lipinski definition) is 4. The number of hydrogen-bond donors (Lipinski definition) is 1. The molecular formula is C21H24N5S2+. The molecule has 1 unspecified atom stereocenters. The number of benzene rings is 2. The number of rotatable bonds is 5. The van der Waals surface area contributed by atoms with Gasteiger partial charge in [-0.05, 0) is 43.8 Å². The molecule has 1 N–H and O–H groups in total. The van der Waals surface area contributed by atoms with Crippen LogP contribution in [0.3, 0.4) is 0 Å². The zero-order valence-electron chi connectivity index (χ0n) is 16.5. The molecule has 0 bridgehead atoms. The zero-order chi connectivity index (χ0) is 19.8. The fourth-order valence-corrected chi connectivity index (χ4v) is 4.61. The minimum absolute atomic E-state index is 0.253. The van der Waals surface area contributed by atoms with Crippen LogP contribution in [0, 0.1) is 11.7 Å². The third-order valence-electron chi connectivity index (χ3n) is 5.25.